The average Bonchev–Trinajstić information content (AvgIpc) is 3.34. The number of hydrogen-bond donors (Lipinski definition) is 0. The fourth-order valence-corrected chi connectivity index (χ4v) is 3.85. The zero-order chi connectivity index (χ0) is 18.5. The van der Waals surface area contributed by atoms with Crippen LogP contribution in [0.4, 0.5) is 0 Å². The van der Waals surface area contributed by atoms with E-state index in [1.165, 1.54) is 5.57 Å². The number of aldehydes is 1. The molecule has 0 saturated heterocycles. The van der Waals surface area contributed by atoms with Crippen molar-refractivity contribution in [2.75, 3.05) is 0 Å². The Labute approximate surface area is 163 Å². The minimum absolute atomic E-state index is 0.201. The molecule has 2 aromatic heterocycles. The van der Waals surface area contributed by atoms with E-state index in [4.69, 9.17) is 11.6 Å². The molecule has 1 aliphatic rings. The van der Waals surface area contributed by atoms with Gasteiger partial charge in [-0.3, -0.25) is 4.68 Å². The Morgan fingerprint density at radius 3 is 2.92 bits per heavy atom. The topological polar surface area (TPSA) is 47.8 Å². The first-order valence-corrected chi connectivity index (χ1v) is 9.97. The third kappa shape index (κ3) is 4.65. The number of aryl methyl sites for hydroxylation is 1. The molecule has 2 atom stereocenters. The smallest absolute Gasteiger partial charge is 0.123 e. The van der Waals surface area contributed by atoms with Crippen molar-refractivity contribution in [3.63, 3.8) is 0 Å². The van der Waals surface area contributed by atoms with Crippen molar-refractivity contribution in [1.82, 2.24) is 14.8 Å². The summed E-state index contributed by atoms with van der Waals surface area (Å²) in [7, 11) is 0. The predicted molar refractivity (Wildman–Crippen MR) is 106 cm³/mol. The van der Waals surface area contributed by atoms with E-state index in [-0.39, 0.29) is 5.92 Å². The maximum atomic E-state index is 10.9. The Balaban J connectivity index is 1.70. The predicted octanol–water partition coefficient (Wildman–Crippen LogP) is 4.98. The van der Waals surface area contributed by atoms with Gasteiger partial charge in [0.2, 0.25) is 0 Å². The van der Waals surface area contributed by atoms with Crippen LogP contribution in [-0.2, 0) is 17.8 Å². The molecule has 0 radical (unpaired) electrons. The van der Waals surface area contributed by atoms with Crippen LogP contribution in [0.3, 0.4) is 0 Å². The Hall–Kier alpha value is -1.85. The van der Waals surface area contributed by atoms with Gasteiger partial charge in [0, 0.05) is 31.3 Å². The lowest BCUT2D eigenvalue weighted by Crippen LogP contribution is -1.95. The van der Waals surface area contributed by atoms with Crippen LogP contribution in [0.2, 0.25) is 5.02 Å². The van der Waals surface area contributed by atoms with E-state index in [0.29, 0.717) is 10.9 Å². The van der Waals surface area contributed by atoms with Crippen molar-refractivity contribution in [1.29, 1.82) is 0 Å². The van der Waals surface area contributed by atoms with Gasteiger partial charge in [-0.15, -0.1) is 0 Å². The van der Waals surface area contributed by atoms with Crippen molar-refractivity contribution < 1.29 is 4.79 Å². The number of carbonyl (C=O) groups is 1. The lowest BCUT2D eigenvalue weighted by molar-refractivity contribution is -0.109. The lowest BCUT2D eigenvalue weighted by Gasteiger charge is -2.01. The van der Waals surface area contributed by atoms with E-state index >= 15 is 0 Å². The molecule has 0 spiro atoms. The highest BCUT2D eigenvalue weighted by Gasteiger charge is 2.38. The summed E-state index contributed by atoms with van der Waals surface area (Å²) < 4.78 is 1.95. The first-order chi connectivity index (χ1) is 12.6. The summed E-state index contributed by atoms with van der Waals surface area (Å²) >= 11 is 7.51. The molecule has 4 nitrogen and oxygen atoms in total. The van der Waals surface area contributed by atoms with Gasteiger partial charge in [0.1, 0.15) is 11.3 Å². The molecule has 2 unspecified atom stereocenters. The van der Waals surface area contributed by atoms with Gasteiger partial charge in [0.15, 0.2) is 0 Å². The second kappa shape index (κ2) is 8.69. The molecule has 2 aromatic rings. The van der Waals surface area contributed by atoms with E-state index in [1.54, 1.807) is 18.0 Å². The van der Waals surface area contributed by atoms with Crippen LogP contribution in [0.1, 0.15) is 26.0 Å². The minimum Gasteiger partial charge on any atom is -0.303 e. The molecule has 0 aliphatic heterocycles. The molecule has 1 fully saturated rings. The molecule has 3 rings (SSSR count). The molecular weight excluding hydrogens is 366 g/mol. The standard InChI is InChI=1S/C20H22ClN3OS/c1-3-14(17-10-15(17)13-25)6-5-7-18-19(12-24(4-2)23-18)26-20-9-8-16(21)11-22-20/h3,5-6,8-9,11-13,15,17H,4,7,10H2,1-2H3/b6-5-,14-3+. The molecule has 6 heteroatoms. The van der Waals surface area contributed by atoms with Gasteiger partial charge in [0.25, 0.3) is 0 Å². The van der Waals surface area contributed by atoms with Crippen LogP contribution >= 0.6 is 23.4 Å². The van der Waals surface area contributed by atoms with Crippen molar-refractivity contribution in [3.8, 4) is 0 Å². The fraction of sp³-hybridized carbons (Fsp3) is 0.350. The zero-order valence-electron chi connectivity index (χ0n) is 14.9. The normalized spacial score (nSPS) is 19.9. The van der Waals surface area contributed by atoms with Crippen molar-refractivity contribution in [2.45, 2.75) is 43.2 Å². The number of pyridine rings is 1. The van der Waals surface area contributed by atoms with E-state index in [0.717, 1.165) is 41.3 Å². The van der Waals surface area contributed by atoms with E-state index in [2.05, 4.69) is 41.4 Å². The van der Waals surface area contributed by atoms with E-state index in [1.807, 2.05) is 23.7 Å². The van der Waals surface area contributed by atoms with Crippen molar-refractivity contribution in [2.24, 2.45) is 11.8 Å². The molecule has 0 N–H and O–H groups in total. The van der Waals surface area contributed by atoms with Crippen LogP contribution in [0.25, 0.3) is 0 Å². The zero-order valence-corrected chi connectivity index (χ0v) is 16.5. The van der Waals surface area contributed by atoms with E-state index < -0.39 is 0 Å². The summed E-state index contributed by atoms with van der Waals surface area (Å²) in [6.45, 7) is 4.93. The second-order valence-electron chi connectivity index (χ2n) is 6.25. The summed E-state index contributed by atoms with van der Waals surface area (Å²) in [4.78, 5) is 16.3. The summed E-state index contributed by atoms with van der Waals surface area (Å²) in [5.41, 5.74) is 2.27. The number of halogens is 1. The quantitative estimate of drug-likeness (QED) is 0.473. The Morgan fingerprint density at radius 2 is 2.31 bits per heavy atom. The van der Waals surface area contributed by atoms with Crippen LogP contribution in [0.15, 0.2) is 58.2 Å². The van der Waals surface area contributed by atoms with Crippen LogP contribution in [0.5, 0.6) is 0 Å². The molecule has 2 heterocycles. The Kier molecular flexibility index (Phi) is 6.33. The molecule has 26 heavy (non-hydrogen) atoms. The number of allylic oxidation sites excluding steroid dienone is 4. The molecule has 1 saturated carbocycles. The van der Waals surface area contributed by atoms with Crippen molar-refractivity contribution >= 4 is 29.6 Å². The first kappa shape index (κ1) is 18.9. The van der Waals surface area contributed by atoms with Gasteiger partial charge in [-0.05, 0) is 43.9 Å². The minimum atomic E-state index is 0.201. The summed E-state index contributed by atoms with van der Waals surface area (Å²) in [6.07, 6.45) is 12.9. The Bertz CT molecular complexity index is 826. The molecule has 0 aromatic carbocycles. The largest absolute Gasteiger partial charge is 0.303 e. The number of rotatable bonds is 8. The molecular formula is C20H22ClN3OS. The maximum absolute atomic E-state index is 10.9. The van der Waals surface area contributed by atoms with Gasteiger partial charge in [0.05, 0.1) is 15.6 Å². The molecule has 0 amide bonds. The summed E-state index contributed by atoms with van der Waals surface area (Å²) in [5, 5.41) is 6.20. The number of aromatic nitrogens is 3. The van der Waals surface area contributed by atoms with Crippen molar-refractivity contribution in [3.05, 3.63) is 59.0 Å². The highest BCUT2D eigenvalue weighted by atomic mass is 35.5. The van der Waals surface area contributed by atoms with Gasteiger partial charge < -0.3 is 4.79 Å². The summed E-state index contributed by atoms with van der Waals surface area (Å²) in [6, 6.07) is 3.76. The van der Waals surface area contributed by atoms with Crippen LogP contribution in [0, 0.1) is 11.8 Å². The molecule has 136 valence electrons. The SMILES string of the molecule is C/C=C(\C=C/Cc1nn(CC)cc1Sc1ccc(Cl)cn1)C1CC1C=O. The highest BCUT2D eigenvalue weighted by molar-refractivity contribution is 7.99. The fourth-order valence-electron chi connectivity index (χ4n) is 2.86. The second-order valence-corrected chi connectivity index (χ2v) is 7.75. The maximum Gasteiger partial charge on any atom is 0.123 e. The molecule has 0 bridgehead atoms. The highest BCUT2D eigenvalue weighted by Crippen LogP contribution is 2.43. The summed E-state index contributed by atoms with van der Waals surface area (Å²) in [5.74, 6) is 0.598. The van der Waals surface area contributed by atoms with Gasteiger partial charge in [-0.25, -0.2) is 4.98 Å². The average molecular weight is 388 g/mol. The van der Waals surface area contributed by atoms with Gasteiger partial charge in [-0.1, -0.05) is 41.6 Å². The van der Waals surface area contributed by atoms with Gasteiger partial charge in [-0.2, -0.15) is 5.10 Å². The third-order valence-electron chi connectivity index (χ3n) is 4.44. The first-order valence-electron chi connectivity index (χ1n) is 8.78. The van der Waals surface area contributed by atoms with Crippen LogP contribution < -0.4 is 0 Å². The lowest BCUT2D eigenvalue weighted by atomic mass is 10.1. The molecule has 1 aliphatic carbocycles. The monoisotopic (exact) mass is 387 g/mol. The number of nitrogens with zero attached hydrogens (tertiary/aromatic N) is 3. The Morgan fingerprint density at radius 1 is 1.46 bits per heavy atom. The van der Waals surface area contributed by atoms with Gasteiger partial charge >= 0.3 is 0 Å². The third-order valence-corrected chi connectivity index (χ3v) is 5.67. The number of hydrogen-bond acceptors (Lipinski definition) is 4. The van der Waals surface area contributed by atoms with E-state index in [9.17, 15) is 4.79 Å². The number of carbonyl (C=O) groups excluding carboxylic acids is 1. The van der Waals surface area contributed by atoms with Crippen LogP contribution in [-0.4, -0.2) is 21.1 Å².